The van der Waals surface area contributed by atoms with Crippen molar-refractivity contribution in [2.45, 2.75) is 45.1 Å². The van der Waals surface area contributed by atoms with E-state index < -0.39 is 0 Å². The van der Waals surface area contributed by atoms with Crippen molar-refractivity contribution in [3.05, 3.63) is 42.0 Å². The maximum atomic E-state index is 13.0. The van der Waals surface area contributed by atoms with Gasteiger partial charge in [-0.25, -0.2) is 5.01 Å². The Hall–Kier alpha value is -2.67. The van der Waals surface area contributed by atoms with E-state index in [0.717, 1.165) is 38.9 Å². The highest BCUT2D eigenvalue weighted by Crippen LogP contribution is 2.32. The van der Waals surface area contributed by atoms with Crippen molar-refractivity contribution in [3.8, 4) is 0 Å². The van der Waals surface area contributed by atoms with Crippen molar-refractivity contribution in [1.82, 2.24) is 15.6 Å². The molecule has 30 heavy (non-hydrogen) atoms. The number of hydrogen-bond donors (Lipinski definition) is 2. The molecule has 3 amide bonds. The van der Waals surface area contributed by atoms with E-state index in [0.29, 0.717) is 24.1 Å². The topological polar surface area (TPSA) is 81.8 Å². The summed E-state index contributed by atoms with van der Waals surface area (Å²) in [7, 11) is 0. The number of hydrogen-bond acceptors (Lipinski definition) is 4. The van der Waals surface area contributed by atoms with E-state index in [1.54, 1.807) is 24.3 Å². The summed E-state index contributed by atoms with van der Waals surface area (Å²) in [6, 6.07) is 7.09. The summed E-state index contributed by atoms with van der Waals surface area (Å²) < 4.78 is 0. The second-order valence-electron chi connectivity index (χ2n) is 8.45. The fourth-order valence-electron chi connectivity index (χ4n) is 4.65. The molecule has 2 saturated heterocycles. The monoisotopic (exact) mass is 410 g/mol. The van der Waals surface area contributed by atoms with Crippen LogP contribution >= 0.6 is 0 Å². The molecule has 2 unspecified atom stereocenters. The summed E-state index contributed by atoms with van der Waals surface area (Å²) in [6.07, 6.45) is 8.13. The first-order valence-corrected chi connectivity index (χ1v) is 11.0. The minimum absolute atomic E-state index is 0.121. The van der Waals surface area contributed by atoms with Crippen LogP contribution in [-0.4, -0.2) is 48.3 Å². The molecule has 2 aliphatic heterocycles. The third-order valence-electron chi connectivity index (χ3n) is 6.36. The van der Waals surface area contributed by atoms with Gasteiger partial charge in [0, 0.05) is 24.7 Å². The second kappa shape index (κ2) is 9.00. The number of amides is 3. The molecule has 160 valence electrons. The van der Waals surface area contributed by atoms with Gasteiger partial charge in [-0.05, 0) is 56.8 Å². The lowest BCUT2D eigenvalue weighted by Gasteiger charge is -2.38. The number of fused-ring (bicyclic) bond motifs is 1. The van der Waals surface area contributed by atoms with Crippen molar-refractivity contribution in [2.24, 2.45) is 11.8 Å². The molecule has 0 spiro atoms. The molecule has 0 radical (unpaired) electrons. The van der Waals surface area contributed by atoms with E-state index >= 15 is 0 Å². The SMILES string of the molecule is CCCN1CCC(NC(=O)c2cccc(N3NC(=O)C4CC=CCC4C3=O)c2)CC1. The maximum absolute atomic E-state index is 13.0. The van der Waals surface area contributed by atoms with E-state index in [-0.39, 0.29) is 35.6 Å². The average Bonchev–Trinajstić information content (AvgIpc) is 2.78. The number of hydrazine groups is 1. The van der Waals surface area contributed by atoms with Crippen LogP contribution in [0, 0.1) is 11.8 Å². The number of benzene rings is 1. The molecule has 1 aliphatic carbocycles. The Morgan fingerprint density at radius 1 is 1.13 bits per heavy atom. The molecule has 1 aromatic rings. The molecule has 2 fully saturated rings. The molecule has 2 N–H and O–H groups in total. The first-order valence-electron chi connectivity index (χ1n) is 11.0. The quantitative estimate of drug-likeness (QED) is 0.730. The van der Waals surface area contributed by atoms with Gasteiger partial charge in [-0.1, -0.05) is 25.1 Å². The third kappa shape index (κ3) is 4.26. The molecule has 7 nitrogen and oxygen atoms in total. The van der Waals surface area contributed by atoms with Gasteiger partial charge in [-0.3, -0.25) is 19.8 Å². The van der Waals surface area contributed by atoms with Crippen LogP contribution in [-0.2, 0) is 9.59 Å². The Labute approximate surface area is 177 Å². The predicted molar refractivity (Wildman–Crippen MR) is 115 cm³/mol. The number of carbonyl (C=O) groups is 3. The number of nitrogens with zero attached hydrogens (tertiary/aromatic N) is 2. The fraction of sp³-hybridized carbons (Fsp3) is 0.522. The largest absolute Gasteiger partial charge is 0.349 e. The van der Waals surface area contributed by atoms with Crippen molar-refractivity contribution in [2.75, 3.05) is 24.6 Å². The Morgan fingerprint density at radius 3 is 2.60 bits per heavy atom. The second-order valence-corrected chi connectivity index (χ2v) is 8.45. The first-order chi connectivity index (χ1) is 14.6. The zero-order chi connectivity index (χ0) is 21.1. The van der Waals surface area contributed by atoms with Crippen LogP contribution in [0.15, 0.2) is 36.4 Å². The number of likely N-dealkylation sites (tertiary alicyclic amines) is 1. The number of carbonyl (C=O) groups excluding carboxylic acids is 3. The lowest BCUT2D eigenvalue weighted by atomic mass is 9.80. The summed E-state index contributed by atoms with van der Waals surface area (Å²) in [6.45, 7) is 5.30. The predicted octanol–water partition coefficient (Wildman–Crippen LogP) is 2.25. The van der Waals surface area contributed by atoms with E-state index in [1.807, 2.05) is 12.2 Å². The Morgan fingerprint density at radius 2 is 1.87 bits per heavy atom. The molecule has 1 aromatic carbocycles. The normalized spacial score (nSPS) is 25.0. The van der Waals surface area contributed by atoms with Gasteiger partial charge in [0.15, 0.2) is 0 Å². The Kier molecular flexibility index (Phi) is 6.18. The van der Waals surface area contributed by atoms with Gasteiger partial charge in [0.25, 0.3) is 5.91 Å². The highest BCUT2D eigenvalue weighted by molar-refractivity contribution is 6.05. The first kappa shape index (κ1) is 20.6. The molecular formula is C23H30N4O3. The molecule has 7 heteroatoms. The van der Waals surface area contributed by atoms with E-state index in [9.17, 15) is 14.4 Å². The van der Waals surface area contributed by atoms with E-state index in [4.69, 9.17) is 0 Å². The molecular weight excluding hydrogens is 380 g/mol. The van der Waals surface area contributed by atoms with Gasteiger partial charge < -0.3 is 10.2 Å². The van der Waals surface area contributed by atoms with Gasteiger partial charge in [-0.15, -0.1) is 0 Å². The molecule has 3 aliphatic rings. The minimum atomic E-state index is -0.338. The van der Waals surface area contributed by atoms with Crippen molar-refractivity contribution in [1.29, 1.82) is 0 Å². The summed E-state index contributed by atoms with van der Waals surface area (Å²) in [5.74, 6) is -1.04. The summed E-state index contributed by atoms with van der Waals surface area (Å²) >= 11 is 0. The molecule has 0 aromatic heterocycles. The lowest BCUT2D eigenvalue weighted by molar-refractivity contribution is -0.139. The third-order valence-corrected chi connectivity index (χ3v) is 6.36. The van der Waals surface area contributed by atoms with Gasteiger partial charge >= 0.3 is 0 Å². The molecule has 4 rings (SSSR count). The van der Waals surface area contributed by atoms with E-state index in [1.165, 1.54) is 5.01 Å². The van der Waals surface area contributed by atoms with E-state index in [2.05, 4.69) is 22.6 Å². The van der Waals surface area contributed by atoms with Crippen LogP contribution in [0.1, 0.15) is 49.4 Å². The fourth-order valence-corrected chi connectivity index (χ4v) is 4.65. The molecule has 2 atom stereocenters. The highest BCUT2D eigenvalue weighted by atomic mass is 16.2. The van der Waals surface area contributed by atoms with Crippen LogP contribution < -0.4 is 15.8 Å². The lowest BCUT2D eigenvalue weighted by Crippen LogP contribution is -2.59. The number of allylic oxidation sites excluding steroid dienone is 2. The number of rotatable bonds is 5. The van der Waals surface area contributed by atoms with Crippen molar-refractivity contribution < 1.29 is 14.4 Å². The number of piperidine rings is 1. The van der Waals surface area contributed by atoms with Crippen LogP contribution in [0.4, 0.5) is 5.69 Å². The van der Waals surface area contributed by atoms with Crippen LogP contribution in [0.5, 0.6) is 0 Å². The highest BCUT2D eigenvalue weighted by Gasteiger charge is 2.42. The van der Waals surface area contributed by atoms with Crippen molar-refractivity contribution in [3.63, 3.8) is 0 Å². The zero-order valence-electron chi connectivity index (χ0n) is 17.5. The smallest absolute Gasteiger partial charge is 0.251 e. The number of anilines is 1. The summed E-state index contributed by atoms with van der Waals surface area (Å²) in [5, 5.41) is 4.44. The van der Waals surface area contributed by atoms with Gasteiger partial charge in [0.1, 0.15) is 0 Å². The summed E-state index contributed by atoms with van der Waals surface area (Å²) in [4.78, 5) is 40.7. The number of nitrogens with one attached hydrogen (secondary N) is 2. The average molecular weight is 411 g/mol. The van der Waals surface area contributed by atoms with Gasteiger partial charge in [-0.2, -0.15) is 0 Å². The van der Waals surface area contributed by atoms with Crippen LogP contribution in [0.2, 0.25) is 0 Å². The zero-order valence-corrected chi connectivity index (χ0v) is 17.5. The summed E-state index contributed by atoms with van der Waals surface area (Å²) in [5.41, 5.74) is 3.74. The molecule has 0 saturated carbocycles. The maximum Gasteiger partial charge on any atom is 0.251 e. The van der Waals surface area contributed by atoms with Crippen molar-refractivity contribution >= 4 is 23.4 Å². The Balaban J connectivity index is 1.42. The molecule has 0 bridgehead atoms. The minimum Gasteiger partial charge on any atom is -0.349 e. The van der Waals surface area contributed by atoms with Crippen LogP contribution in [0.25, 0.3) is 0 Å². The van der Waals surface area contributed by atoms with Gasteiger partial charge in [0.2, 0.25) is 11.8 Å². The molecule has 2 heterocycles. The van der Waals surface area contributed by atoms with Crippen LogP contribution in [0.3, 0.4) is 0 Å². The van der Waals surface area contributed by atoms with Gasteiger partial charge in [0.05, 0.1) is 17.5 Å². The standard InChI is InChI=1S/C23H30N4O3/c1-2-12-26-13-10-17(11-14-26)24-21(28)16-6-5-7-18(15-16)27-23(30)20-9-4-3-8-19(20)22(29)25-27/h3-7,15,17,19-20H,2,8-14H2,1H3,(H,24,28)(H,25,29). The Bertz CT molecular complexity index is 845.